The highest BCUT2D eigenvalue weighted by Gasteiger charge is 2.02. The first kappa shape index (κ1) is 9.15. The van der Waals surface area contributed by atoms with Gasteiger partial charge in [-0.1, -0.05) is 11.6 Å². The first-order valence-corrected chi connectivity index (χ1v) is 4.57. The summed E-state index contributed by atoms with van der Waals surface area (Å²) in [5, 5.41) is 4.66. The predicted octanol–water partition coefficient (Wildman–Crippen LogP) is 1.93. The van der Waals surface area contributed by atoms with E-state index in [1.807, 2.05) is 19.2 Å². The molecule has 0 aliphatic heterocycles. The molecule has 0 saturated heterocycles. The van der Waals surface area contributed by atoms with E-state index in [0.29, 0.717) is 16.8 Å². The molecule has 2 heterocycles. The van der Waals surface area contributed by atoms with Gasteiger partial charge < -0.3 is 0 Å². The van der Waals surface area contributed by atoms with Crippen LogP contribution in [0.1, 0.15) is 11.5 Å². The normalized spacial score (nSPS) is 10.5. The number of aryl methyl sites for hydroxylation is 2. The third-order valence-electron chi connectivity index (χ3n) is 1.75. The molecule has 0 amide bonds. The standard InChI is InChI=1S/C9H9ClN4/c1-6-3-4-14(13-6)9-5-8(10)11-7(2)12-9/h3-5H,1-2H3. The molecule has 2 rings (SSSR count). The fourth-order valence-electron chi connectivity index (χ4n) is 1.18. The Kier molecular flexibility index (Phi) is 2.21. The van der Waals surface area contributed by atoms with Gasteiger partial charge in [-0.2, -0.15) is 5.10 Å². The van der Waals surface area contributed by atoms with Gasteiger partial charge in [-0.3, -0.25) is 0 Å². The Morgan fingerprint density at radius 3 is 2.64 bits per heavy atom. The summed E-state index contributed by atoms with van der Waals surface area (Å²) in [6, 6.07) is 3.59. The summed E-state index contributed by atoms with van der Waals surface area (Å²) in [5.74, 6) is 1.33. The number of aromatic nitrogens is 4. The molecule has 0 unspecified atom stereocenters. The van der Waals surface area contributed by atoms with E-state index in [9.17, 15) is 0 Å². The van der Waals surface area contributed by atoms with Crippen LogP contribution in [0.25, 0.3) is 5.82 Å². The first-order chi connectivity index (χ1) is 6.65. The van der Waals surface area contributed by atoms with Crippen molar-refractivity contribution in [3.8, 4) is 5.82 Å². The van der Waals surface area contributed by atoms with Crippen molar-refractivity contribution in [3.05, 3.63) is 35.0 Å². The molecule has 72 valence electrons. The van der Waals surface area contributed by atoms with Crippen molar-refractivity contribution in [2.24, 2.45) is 0 Å². The predicted molar refractivity (Wildman–Crippen MR) is 53.6 cm³/mol. The van der Waals surface area contributed by atoms with Gasteiger partial charge in [0.2, 0.25) is 0 Å². The number of nitrogens with zero attached hydrogens (tertiary/aromatic N) is 4. The summed E-state index contributed by atoms with van der Waals surface area (Å²) in [6.45, 7) is 3.72. The zero-order valence-electron chi connectivity index (χ0n) is 7.90. The highest BCUT2D eigenvalue weighted by Crippen LogP contribution is 2.10. The lowest BCUT2D eigenvalue weighted by Crippen LogP contribution is -2.01. The molecular weight excluding hydrogens is 200 g/mol. The molecule has 0 aliphatic carbocycles. The minimum Gasteiger partial charge on any atom is -0.222 e. The van der Waals surface area contributed by atoms with Gasteiger partial charge in [-0.25, -0.2) is 14.6 Å². The summed E-state index contributed by atoms with van der Waals surface area (Å²) >= 11 is 5.81. The van der Waals surface area contributed by atoms with E-state index in [1.165, 1.54) is 0 Å². The second-order valence-corrected chi connectivity index (χ2v) is 3.39. The van der Waals surface area contributed by atoms with Crippen LogP contribution < -0.4 is 0 Å². The molecule has 0 aliphatic rings. The Bertz CT molecular complexity index is 443. The molecular formula is C9H9ClN4. The van der Waals surface area contributed by atoms with Crippen LogP contribution in [-0.4, -0.2) is 19.7 Å². The molecule has 5 heteroatoms. The van der Waals surface area contributed by atoms with Crippen LogP contribution in [-0.2, 0) is 0 Å². The third kappa shape index (κ3) is 1.75. The van der Waals surface area contributed by atoms with E-state index in [0.717, 1.165) is 5.69 Å². The molecule has 2 aromatic rings. The molecule has 0 saturated carbocycles. The lowest BCUT2D eigenvalue weighted by atomic mass is 10.5. The molecule has 0 fully saturated rings. The van der Waals surface area contributed by atoms with E-state index in [1.54, 1.807) is 17.7 Å². The summed E-state index contributed by atoms with van der Waals surface area (Å²) in [4.78, 5) is 8.20. The van der Waals surface area contributed by atoms with Gasteiger partial charge in [0.15, 0.2) is 5.82 Å². The van der Waals surface area contributed by atoms with Crippen LogP contribution in [0.5, 0.6) is 0 Å². The van der Waals surface area contributed by atoms with Gasteiger partial charge in [0, 0.05) is 12.3 Å². The van der Waals surface area contributed by atoms with Crippen LogP contribution in [0, 0.1) is 13.8 Å². The van der Waals surface area contributed by atoms with Crippen molar-refractivity contribution < 1.29 is 0 Å². The number of hydrogen-bond acceptors (Lipinski definition) is 3. The summed E-state index contributed by atoms with van der Waals surface area (Å²) in [6.07, 6.45) is 1.84. The van der Waals surface area contributed by atoms with E-state index < -0.39 is 0 Å². The quantitative estimate of drug-likeness (QED) is 0.673. The van der Waals surface area contributed by atoms with E-state index in [4.69, 9.17) is 11.6 Å². The Hall–Kier alpha value is -1.42. The van der Waals surface area contributed by atoms with Crippen LogP contribution >= 0.6 is 11.6 Å². The lowest BCUT2D eigenvalue weighted by molar-refractivity contribution is 0.816. The summed E-state index contributed by atoms with van der Waals surface area (Å²) < 4.78 is 1.68. The fourth-order valence-corrected chi connectivity index (χ4v) is 1.40. The van der Waals surface area contributed by atoms with Crippen LogP contribution in [0.4, 0.5) is 0 Å². The maximum atomic E-state index is 5.81. The van der Waals surface area contributed by atoms with E-state index in [2.05, 4.69) is 15.1 Å². The molecule has 14 heavy (non-hydrogen) atoms. The monoisotopic (exact) mass is 208 g/mol. The van der Waals surface area contributed by atoms with Crippen molar-refractivity contribution in [1.82, 2.24) is 19.7 Å². The molecule has 4 nitrogen and oxygen atoms in total. The molecule has 0 spiro atoms. The summed E-state index contributed by atoms with van der Waals surface area (Å²) in [5.41, 5.74) is 0.942. The Labute approximate surface area is 86.6 Å². The SMILES string of the molecule is Cc1ccn(-c2cc(Cl)nc(C)n2)n1. The number of rotatable bonds is 1. The minimum absolute atomic E-state index is 0.431. The molecule has 2 aromatic heterocycles. The van der Waals surface area contributed by atoms with Gasteiger partial charge >= 0.3 is 0 Å². The molecule has 0 N–H and O–H groups in total. The Morgan fingerprint density at radius 1 is 1.29 bits per heavy atom. The number of hydrogen-bond donors (Lipinski definition) is 0. The minimum atomic E-state index is 0.431. The zero-order valence-corrected chi connectivity index (χ0v) is 8.65. The van der Waals surface area contributed by atoms with Crippen LogP contribution in [0.2, 0.25) is 5.15 Å². The van der Waals surface area contributed by atoms with Gasteiger partial charge in [0.05, 0.1) is 5.69 Å². The molecule has 0 bridgehead atoms. The smallest absolute Gasteiger partial charge is 0.158 e. The Morgan fingerprint density at radius 2 is 2.07 bits per heavy atom. The van der Waals surface area contributed by atoms with Crippen molar-refractivity contribution in [2.45, 2.75) is 13.8 Å². The van der Waals surface area contributed by atoms with E-state index in [-0.39, 0.29) is 0 Å². The van der Waals surface area contributed by atoms with Crippen molar-refractivity contribution >= 4 is 11.6 Å². The average molecular weight is 209 g/mol. The van der Waals surface area contributed by atoms with Crippen molar-refractivity contribution in [1.29, 1.82) is 0 Å². The fraction of sp³-hybridized carbons (Fsp3) is 0.222. The molecule has 0 aromatic carbocycles. The highest BCUT2D eigenvalue weighted by molar-refractivity contribution is 6.29. The number of halogens is 1. The molecule has 0 radical (unpaired) electrons. The average Bonchev–Trinajstić information content (AvgIpc) is 2.50. The van der Waals surface area contributed by atoms with Crippen molar-refractivity contribution in [2.75, 3.05) is 0 Å². The van der Waals surface area contributed by atoms with Crippen molar-refractivity contribution in [3.63, 3.8) is 0 Å². The van der Waals surface area contributed by atoms with Gasteiger partial charge in [0.1, 0.15) is 11.0 Å². The largest absolute Gasteiger partial charge is 0.222 e. The van der Waals surface area contributed by atoms with Gasteiger partial charge in [0.25, 0.3) is 0 Å². The Balaban J connectivity index is 2.51. The third-order valence-corrected chi connectivity index (χ3v) is 1.94. The second kappa shape index (κ2) is 3.38. The first-order valence-electron chi connectivity index (χ1n) is 4.19. The van der Waals surface area contributed by atoms with Gasteiger partial charge in [-0.15, -0.1) is 0 Å². The summed E-state index contributed by atoms with van der Waals surface area (Å²) in [7, 11) is 0. The zero-order chi connectivity index (χ0) is 10.1. The van der Waals surface area contributed by atoms with Crippen LogP contribution in [0.15, 0.2) is 18.3 Å². The highest BCUT2D eigenvalue weighted by atomic mass is 35.5. The van der Waals surface area contributed by atoms with Gasteiger partial charge in [-0.05, 0) is 19.9 Å². The lowest BCUT2D eigenvalue weighted by Gasteiger charge is -2.01. The topological polar surface area (TPSA) is 43.6 Å². The van der Waals surface area contributed by atoms with Crippen LogP contribution in [0.3, 0.4) is 0 Å². The second-order valence-electron chi connectivity index (χ2n) is 3.00. The maximum Gasteiger partial charge on any atom is 0.158 e. The molecule has 0 atom stereocenters. The maximum absolute atomic E-state index is 5.81. The van der Waals surface area contributed by atoms with E-state index >= 15 is 0 Å².